The lowest BCUT2D eigenvalue weighted by Crippen LogP contribution is -2.31. The van der Waals surface area contributed by atoms with Gasteiger partial charge in [0.25, 0.3) is 0 Å². The number of nitrogens with one attached hydrogen (secondary N) is 1. The van der Waals surface area contributed by atoms with Gasteiger partial charge in [-0.05, 0) is 43.4 Å². The number of aromatic carboxylic acids is 1. The Hall–Kier alpha value is -1.88. The number of benzene rings is 1. The van der Waals surface area contributed by atoms with Crippen molar-refractivity contribution in [3.05, 3.63) is 35.4 Å². The molecule has 0 spiro atoms. The van der Waals surface area contributed by atoms with Crippen LogP contribution in [0.4, 0.5) is 0 Å². The zero-order valence-electron chi connectivity index (χ0n) is 11.3. The quantitative estimate of drug-likeness (QED) is 0.752. The SMILES string of the molecule is NC1CCC(C(=O)NCCc2cccc(C(=O)O)c2)C1. The number of hydrogen-bond donors (Lipinski definition) is 3. The molecule has 4 N–H and O–H groups in total. The predicted molar refractivity (Wildman–Crippen MR) is 75.4 cm³/mol. The summed E-state index contributed by atoms with van der Waals surface area (Å²) in [6.07, 6.45) is 3.17. The van der Waals surface area contributed by atoms with Crippen LogP contribution in [0.3, 0.4) is 0 Å². The van der Waals surface area contributed by atoms with Gasteiger partial charge in [0.15, 0.2) is 0 Å². The summed E-state index contributed by atoms with van der Waals surface area (Å²) in [6, 6.07) is 6.93. The largest absolute Gasteiger partial charge is 0.478 e. The molecule has 20 heavy (non-hydrogen) atoms. The number of carbonyl (C=O) groups is 2. The van der Waals surface area contributed by atoms with E-state index in [4.69, 9.17) is 10.8 Å². The van der Waals surface area contributed by atoms with E-state index in [1.165, 1.54) is 0 Å². The Kier molecular flexibility index (Phi) is 4.74. The highest BCUT2D eigenvalue weighted by Gasteiger charge is 2.27. The summed E-state index contributed by atoms with van der Waals surface area (Å²) < 4.78 is 0. The molecule has 1 aromatic carbocycles. The van der Waals surface area contributed by atoms with E-state index in [9.17, 15) is 9.59 Å². The maximum absolute atomic E-state index is 11.9. The van der Waals surface area contributed by atoms with E-state index >= 15 is 0 Å². The van der Waals surface area contributed by atoms with Crippen molar-refractivity contribution in [3.63, 3.8) is 0 Å². The fraction of sp³-hybridized carbons (Fsp3) is 0.467. The van der Waals surface area contributed by atoms with Gasteiger partial charge >= 0.3 is 5.97 Å². The van der Waals surface area contributed by atoms with Gasteiger partial charge in [0.05, 0.1) is 5.56 Å². The smallest absolute Gasteiger partial charge is 0.335 e. The van der Waals surface area contributed by atoms with E-state index in [1.807, 2.05) is 6.07 Å². The van der Waals surface area contributed by atoms with Crippen molar-refractivity contribution in [2.24, 2.45) is 11.7 Å². The van der Waals surface area contributed by atoms with Crippen molar-refractivity contribution in [1.82, 2.24) is 5.32 Å². The molecule has 0 aromatic heterocycles. The average Bonchev–Trinajstić information content (AvgIpc) is 2.86. The van der Waals surface area contributed by atoms with Crippen LogP contribution < -0.4 is 11.1 Å². The molecule has 0 bridgehead atoms. The first kappa shape index (κ1) is 14.5. The van der Waals surface area contributed by atoms with Crippen LogP contribution in [0.2, 0.25) is 0 Å². The summed E-state index contributed by atoms with van der Waals surface area (Å²) in [5, 5.41) is 11.8. The summed E-state index contributed by atoms with van der Waals surface area (Å²) in [5.74, 6) is -0.835. The van der Waals surface area contributed by atoms with Gasteiger partial charge < -0.3 is 16.2 Å². The first-order chi connectivity index (χ1) is 9.56. The maximum atomic E-state index is 11.9. The van der Waals surface area contributed by atoms with Gasteiger partial charge in [-0.3, -0.25) is 4.79 Å². The molecule has 1 saturated carbocycles. The first-order valence-electron chi connectivity index (χ1n) is 6.92. The molecule has 2 rings (SSSR count). The Morgan fingerprint density at radius 3 is 2.80 bits per heavy atom. The highest BCUT2D eigenvalue weighted by atomic mass is 16.4. The zero-order chi connectivity index (χ0) is 14.5. The second-order valence-corrected chi connectivity index (χ2v) is 5.32. The standard InChI is InChI=1S/C15H20N2O3/c16-13-5-4-11(9-13)14(18)17-7-6-10-2-1-3-12(8-10)15(19)20/h1-3,8,11,13H,4-7,9,16H2,(H,17,18)(H,19,20). The highest BCUT2D eigenvalue weighted by molar-refractivity contribution is 5.87. The molecule has 2 unspecified atom stereocenters. The Morgan fingerprint density at radius 2 is 2.15 bits per heavy atom. The summed E-state index contributed by atoms with van der Waals surface area (Å²) >= 11 is 0. The van der Waals surface area contributed by atoms with Crippen molar-refractivity contribution in [2.75, 3.05) is 6.54 Å². The number of amides is 1. The van der Waals surface area contributed by atoms with Gasteiger partial charge in [0.1, 0.15) is 0 Å². The van der Waals surface area contributed by atoms with E-state index in [2.05, 4.69) is 5.32 Å². The van der Waals surface area contributed by atoms with Crippen LogP contribution in [0.5, 0.6) is 0 Å². The third-order valence-electron chi connectivity index (χ3n) is 3.73. The fourth-order valence-electron chi connectivity index (χ4n) is 2.59. The molecule has 108 valence electrons. The van der Waals surface area contributed by atoms with Gasteiger partial charge in [-0.15, -0.1) is 0 Å². The third-order valence-corrected chi connectivity index (χ3v) is 3.73. The summed E-state index contributed by atoms with van der Waals surface area (Å²) in [6.45, 7) is 0.521. The number of nitrogens with two attached hydrogens (primary N) is 1. The van der Waals surface area contributed by atoms with Crippen LogP contribution in [0, 0.1) is 5.92 Å². The van der Waals surface area contributed by atoms with Crippen molar-refractivity contribution in [3.8, 4) is 0 Å². The minimum absolute atomic E-state index is 0.0374. The molecule has 1 aromatic rings. The summed E-state index contributed by atoms with van der Waals surface area (Å²) in [7, 11) is 0. The Labute approximate surface area is 118 Å². The average molecular weight is 276 g/mol. The second-order valence-electron chi connectivity index (χ2n) is 5.32. The first-order valence-corrected chi connectivity index (χ1v) is 6.92. The predicted octanol–water partition coefficient (Wildman–Crippen LogP) is 1.17. The van der Waals surface area contributed by atoms with Gasteiger partial charge in [0.2, 0.25) is 5.91 Å². The normalized spacial score (nSPS) is 21.6. The van der Waals surface area contributed by atoms with Crippen LogP contribution in [0.1, 0.15) is 35.2 Å². The number of hydrogen-bond acceptors (Lipinski definition) is 3. The zero-order valence-corrected chi connectivity index (χ0v) is 11.3. The summed E-state index contributed by atoms with van der Waals surface area (Å²) in [5.41, 5.74) is 6.98. The maximum Gasteiger partial charge on any atom is 0.335 e. The number of carbonyl (C=O) groups excluding carboxylic acids is 1. The van der Waals surface area contributed by atoms with Crippen LogP contribution >= 0.6 is 0 Å². The lowest BCUT2D eigenvalue weighted by atomic mass is 10.1. The fourth-order valence-corrected chi connectivity index (χ4v) is 2.59. The Balaban J connectivity index is 1.79. The van der Waals surface area contributed by atoms with Crippen molar-refractivity contribution >= 4 is 11.9 Å². The number of rotatable bonds is 5. The van der Waals surface area contributed by atoms with E-state index < -0.39 is 5.97 Å². The molecule has 1 aliphatic rings. The van der Waals surface area contributed by atoms with Crippen LogP contribution in [0.25, 0.3) is 0 Å². The Bertz CT molecular complexity index is 502. The van der Waals surface area contributed by atoms with Crippen LogP contribution in [-0.2, 0) is 11.2 Å². The van der Waals surface area contributed by atoms with E-state index in [0.29, 0.717) is 13.0 Å². The molecular formula is C15H20N2O3. The molecule has 1 fully saturated rings. The molecular weight excluding hydrogens is 256 g/mol. The molecule has 0 aliphatic heterocycles. The van der Waals surface area contributed by atoms with Gasteiger partial charge in [-0.1, -0.05) is 12.1 Å². The minimum Gasteiger partial charge on any atom is -0.478 e. The third kappa shape index (κ3) is 3.81. The van der Waals surface area contributed by atoms with E-state index in [1.54, 1.807) is 18.2 Å². The van der Waals surface area contributed by atoms with E-state index in [-0.39, 0.29) is 23.4 Å². The highest BCUT2D eigenvalue weighted by Crippen LogP contribution is 2.23. The lowest BCUT2D eigenvalue weighted by molar-refractivity contribution is -0.124. The van der Waals surface area contributed by atoms with Crippen molar-refractivity contribution in [1.29, 1.82) is 0 Å². The topological polar surface area (TPSA) is 92.4 Å². The molecule has 1 amide bonds. The van der Waals surface area contributed by atoms with Crippen LogP contribution in [0.15, 0.2) is 24.3 Å². The van der Waals surface area contributed by atoms with Crippen LogP contribution in [-0.4, -0.2) is 29.6 Å². The molecule has 0 heterocycles. The second kappa shape index (κ2) is 6.52. The molecule has 2 atom stereocenters. The molecule has 5 nitrogen and oxygen atoms in total. The van der Waals surface area contributed by atoms with Crippen molar-refractivity contribution in [2.45, 2.75) is 31.7 Å². The van der Waals surface area contributed by atoms with E-state index in [0.717, 1.165) is 24.8 Å². The number of carboxylic acids is 1. The van der Waals surface area contributed by atoms with Gasteiger partial charge in [0, 0.05) is 18.5 Å². The Morgan fingerprint density at radius 1 is 1.35 bits per heavy atom. The van der Waals surface area contributed by atoms with Crippen molar-refractivity contribution < 1.29 is 14.7 Å². The summed E-state index contributed by atoms with van der Waals surface area (Å²) in [4.78, 5) is 22.8. The molecule has 5 heteroatoms. The minimum atomic E-state index is -0.934. The lowest BCUT2D eigenvalue weighted by Gasteiger charge is -2.10. The molecule has 0 radical (unpaired) electrons. The number of carboxylic acid groups (broad SMARTS) is 1. The monoisotopic (exact) mass is 276 g/mol. The van der Waals surface area contributed by atoms with Gasteiger partial charge in [-0.25, -0.2) is 4.79 Å². The van der Waals surface area contributed by atoms with Gasteiger partial charge in [-0.2, -0.15) is 0 Å². The molecule has 1 aliphatic carbocycles. The molecule has 0 saturated heterocycles.